The molecule has 3 heterocycles. The third-order valence-electron chi connectivity index (χ3n) is 12.7. The lowest BCUT2D eigenvalue weighted by Crippen LogP contribution is -2.60. The Bertz CT molecular complexity index is 1890. The summed E-state index contributed by atoms with van der Waals surface area (Å²) in [5.41, 5.74) is 6.18. The summed E-state index contributed by atoms with van der Waals surface area (Å²) in [6, 6.07) is 11.2. The van der Waals surface area contributed by atoms with E-state index in [9.17, 15) is 0 Å². The zero-order valence-corrected chi connectivity index (χ0v) is 39.8. The van der Waals surface area contributed by atoms with Gasteiger partial charge in [0.25, 0.3) is 0 Å². The van der Waals surface area contributed by atoms with Crippen molar-refractivity contribution in [2.24, 2.45) is 4.52 Å². The van der Waals surface area contributed by atoms with Crippen LogP contribution in [0.1, 0.15) is 121 Å². The molecule has 1 aliphatic carbocycles. The van der Waals surface area contributed by atoms with E-state index >= 15 is 0 Å². The molecule has 2 fully saturated rings. The number of rotatable bonds is 11. The van der Waals surface area contributed by atoms with Crippen LogP contribution in [-0.4, -0.2) is 140 Å². The van der Waals surface area contributed by atoms with Crippen LogP contribution in [-0.2, 0) is 10.8 Å². The van der Waals surface area contributed by atoms with Gasteiger partial charge >= 0.3 is 13.9 Å². The van der Waals surface area contributed by atoms with Gasteiger partial charge in [-0.05, 0) is 99.9 Å². The van der Waals surface area contributed by atoms with Crippen LogP contribution in [0, 0.1) is 0 Å². The SMILES string of the molecule is CC(CCCP(=N[P+](N(C)C)(N(C)C)N(C)C)(N(C)C)N(C)C)c1ccc2c(c1)C=[N+]1C3CCCCC3[N+]3=Cc4cc(C(C)(C)C)cc(C(C)(C)C)c4OC13O2. The minimum Gasteiger partial charge on any atom is -0.341 e. The molecule has 0 radical (unpaired) electrons. The predicted octanol–water partition coefficient (Wildman–Crippen LogP) is 8.97. The monoisotopic (exact) mass is 810 g/mol. The normalized spacial score (nSPS) is 22.9. The van der Waals surface area contributed by atoms with Crippen LogP contribution in [0.4, 0.5) is 0 Å². The van der Waals surface area contributed by atoms with Crippen molar-refractivity contribution in [1.29, 1.82) is 0 Å². The molecule has 12 heteroatoms. The Hall–Kier alpha value is -2.16. The van der Waals surface area contributed by atoms with Crippen LogP contribution in [0.2, 0.25) is 0 Å². The summed E-state index contributed by atoms with van der Waals surface area (Å²) in [7, 11) is 17.8. The van der Waals surface area contributed by atoms with E-state index in [0.29, 0.717) is 18.0 Å². The largest absolute Gasteiger partial charge is 0.704 e. The summed E-state index contributed by atoms with van der Waals surface area (Å²) >= 11 is 0. The highest BCUT2D eigenvalue weighted by Gasteiger charge is 2.76. The molecule has 56 heavy (non-hydrogen) atoms. The van der Waals surface area contributed by atoms with E-state index in [2.05, 4.69) is 194 Å². The molecular weight excluding hydrogens is 734 g/mol. The van der Waals surface area contributed by atoms with Crippen molar-refractivity contribution in [2.75, 3.05) is 76.6 Å². The second-order valence-electron chi connectivity index (χ2n) is 19.8. The highest BCUT2D eigenvalue weighted by molar-refractivity contribution is 7.76. The molecule has 2 aromatic rings. The summed E-state index contributed by atoms with van der Waals surface area (Å²) in [6.45, 7) is 16.2. The summed E-state index contributed by atoms with van der Waals surface area (Å²) in [6.07, 6.45) is 12.7. The maximum atomic E-state index is 7.35. The lowest BCUT2D eigenvalue weighted by Gasteiger charge is -2.41. The van der Waals surface area contributed by atoms with Gasteiger partial charge in [0.1, 0.15) is 7.36 Å². The first kappa shape index (κ1) is 43.4. The minimum atomic E-state index is -2.09. The third kappa shape index (κ3) is 7.37. The summed E-state index contributed by atoms with van der Waals surface area (Å²) in [4.78, 5) is 0. The van der Waals surface area contributed by atoms with Crippen molar-refractivity contribution in [2.45, 2.75) is 122 Å². The number of hydrogen-bond acceptors (Lipinski definition) is 6. The van der Waals surface area contributed by atoms with E-state index in [1.54, 1.807) is 0 Å². The van der Waals surface area contributed by atoms with Gasteiger partial charge in [0, 0.05) is 66.9 Å². The van der Waals surface area contributed by atoms with Crippen LogP contribution >= 0.6 is 15.2 Å². The smallest absolute Gasteiger partial charge is 0.341 e. The first-order valence-corrected chi connectivity index (χ1v) is 24.3. The Balaban J connectivity index is 1.33. The first-order chi connectivity index (χ1) is 26.0. The molecular formula is C44H75N8O2P2+3. The van der Waals surface area contributed by atoms with Crippen molar-refractivity contribution in [3.05, 3.63) is 58.1 Å². The molecule has 1 saturated carbocycles. The van der Waals surface area contributed by atoms with Crippen LogP contribution in [0.5, 0.6) is 11.5 Å². The number of benzene rings is 2. The lowest BCUT2D eigenvalue weighted by atomic mass is 9.79. The summed E-state index contributed by atoms with van der Waals surface area (Å²) < 4.78 is 37.2. The molecule has 1 saturated heterocycles. The Labute approximate surface area is 341 Å². The first-order valence-electron chi connectivity index (χ1n) is 20.9. The van der Waals surface area contributed by atoms with Gasteiger partial charge in [-0.1, -0.05) is 74.3 Å². The Morgan fingerprint density at radius 3 is 1.82 bits per heavy atom. The molecule has 4 unspecified atom stereocenters. The maximum Gasteiger partial charge on any atom is 0.704 e. The number of nitrogens with zero attached hydrogens (tertiary/aromatic N) is 8. The second-order valence-corrected chi connectivity index (χ2v) is 27.4. The topological polar surface area (TPSA) is 53.0 Å². The molecule has 0 N–H and O–H groups in total. The second kappa shape index (κ2) is 15.5. The fraction of sp³-hybridized carbons (Fsp3) is 0.682. The molecule has 0 amide bonds. The summed E-state index contributed by atoms with van der Waals surface area (Å²) in [5.74, 6) is 2.23. The molecule has 0 aromatic heterocycles. The molecule has 310 valence electrons. The molecule has 4 atom stereocenters. The molecule has 10 nitrogen and oxygen atoms in total. The molecule has 1 spiro atoms. The zero-order chi connectivity index (χ0) is 41.3. The minimum absolute atomic E-state index is 0.0292. The van der Waals surface area contributed by atoms with Crippen LogP contribution in [0.3, 0.4) is 0 Å². The van der Waals surface area contributed by atoms with E-state index in [1.165, 1.54) is 35.1 Å². The van der Waals surface area contributed by atoms with E-state index < -0.39 is 21.3 Å². The van der Waals surface area contributed by atoms with Crippen LogP contribution in [0.25, 0.3) is 0 Å². The fourth-order valence-electron chi connectivity index (χ4n) is 9.62. The van der Waals surface area contributed by atoms with Gasteiger partial charge in [0.15, 0.2) is 23.9 Å². The Morgan fingerprint density at radius 2 is 1.32 bits per heavy atom. The Morgan fingerprint density at radius 1 is 0.768 bits per heavy atom. The fourth-order valence-corrected chi connectivity index (χ4v) is 19.0. The average molecular weight is 810 g/mol. The molecule has 0 bridgehead atoms. The van der Waals surface area contributed by atoms with Crippen molar-refractivity contribution in [3.63, 3.8) is 0 Å². The standard InChI is InChI=1S/C44H75N8O2P2/c1-32(21-20-26-55(46(8)9,47(10)11)45-56(48(12)13,49(14)15)50(16)17)33-24-25-40-34(27-33)30-51-38-22-18-19-23-39(38)52-31-35-28-36(42(2,3)4)29-37(43(5,6)7)41(35)54-44(51,52)53-40/h24-25,27-32,38-39H,18-23,26H2,1-17H3/q+3. The highest BCUT2D eigenvalue weighted by atomic mass is 31.2. The van der Waals surface area contributed by atoms with Gasteiger partial charge in [-0.2, -0.15) is 0 Å². The van der Waals surface area contributed by atoms with Crippen LogP contribution in [0.15, 0.2) is 34.8 Å². The molecule has 2 aromatic carbocycles. The average Bonchev–Trinajstić information content (AvgIpc) is 3.37. The highest BCUT2D eigenvalue weighted by Crippen LogP contribution is 2.73. The number of ether oxygens (including phenoxy) is 2. The van der Waals surface area contributed by atoms with Gasteiger partial charge < -0.3 is 9.47 Å². The van der Waals surface area contributed by atoms with Crippen molar-refractivity contribution in [1.82, 2.24) is 23.4 Å². The van der Waals surface area contributed by atoms with Gasteiger partial charge in [0.2, 0.25) is 12.1 Å². The summed E-state index contributed by atoms with van der Waals surface area (Å²) in [5, 5.41) is 0. The van der Waals surface area contributed by atoms with Gasteiger partial charge in [0.05, 0.1) is 11.1 Å². The third-order valence-corrected chi connectivity index (χ3v) is 21.5. The van der Waals surface area contributed by atoms with E-state index in [1.807, 2.05) is 0 Å². The van der Waals surface area contributed by atoms with E-state index in [-0.39, 0.29) is 10.8 Å². The number of hydrogen-bond donors (Lipinski definition) is 0. The zero-order valence-electron chi connectivity index (χ0n) is 38.0. The molecule has 4 aliphatic rings. The lowest BCUT2D eigenvalue weighted by molar-refractivity contribution is -0.866. The van der Waals surface area contributed by atoms with Crippen LogP contribution < -0.4 is 9.47 Å². The predicted molar refractivity (Wildman–Crippen MR) is 238 cm³/mol. The maximum absolute atomic E-state index is 7.35. The van der Waals surface area contributed by atoms with Crippen molar-refractivity contribution >= 4 is 27.7 Å². The molecule has 6 rings (SSSR count). The molecule has 3 aliphatic heterocycles. The number of fused-ring (bicyclic) bond motifs is 5. The van der Waals surface area contributed by atoms with E-state index in [4.69, 9.17) is 14.0 Å². The van der Waals surface area contributed by atoms with Crippen molar-refractivity contribution < 1.29 is 18.6 Å². The quantitative estimate of drug-likeness (QED) is 0.166. The van der Waals surface area contributed by atoms with E-state index in [0.717, 1.165) is 48.9 Å². The van der Waals surface area contributed by atoms with Crippen molar-refractivity contribution in [3.8, 4) is 11.5 Å². The Kier molecular flexibility index (Phi) is 12.0. The van der Waals surface area contributed by atoms with Gasteiger partial charge in [-0.25, -0.2) is 0 Å². The van der Waals surface area contributed by atoms with Gasteiger partial charge in [-0.3, -0.25) is 9.34 Å². The van der Waals surface area contributed by atoms with Gasteiger partial charge in [-0.15, -0.1) is 14.0 Å².